The van der Waals surface area contributed by atoms with Gasteiger partial charge >= 0.3 is 5.97 Å². The van der Waals surface area contributed by atoms with Gasteiger partial charge in [0.25, 0.3) is 0 Å². The van der Waals surface area contributed by atoms with Gasteiger partial charge in [-0.3, -0.25) is 0 Å². The van der Waals surface area contributed by atoms with Crippen molar-refractivity contribution < 1.29 is 30.0 Å². The first kappa shape index (κ1) is 19.8. The minimum atomic E-state index is -1.05. The molecule has 1 aliphatic heterocycles. The van der Waals surface area contributed by atoms with E-state index in [2.05, 4.69) is 0 Å². The van der Waals surface area contributed by atoms with Gasteiger partial charge in [0, 0.05) is 12.0 Å². The molecule has 132 valence electrons. The zero-order valence-electron chi connectivity index (χ0n) is 13.9. The molecule has 1 aliphatic rings. The predicted octanol–water partition coefficient (Wildman–Crippen LogP) is 1.11. The Kier molecular flexibility index (Phi) is 7.91. The lowest BCUT2D eigenvalue weighted by Gasteiger charge is -2.37. The summed E-state index contributed by atoms with van der Waals surface area (Å²) >= 11 is 0. The molecule has 1 saturated heterocycles. The Hall–Kier alpha value is -1.21. The largest absolute Gasteiger partial charge is 0.478 e. The SMILES string of the molecule is C/C(=C\C(=O)O)C[C@@H]1OC[C@H](C/C=C/[C@H](C)[C@H](C)O)[C@@H](O)[C@H]1O. The van der Waals surface area contributed by atoms with E-state index < -0.39 is 30.4 Å². The minimum Gasteiger partial charge on any atom is -0.478 e. The number of hydrogen-bond donors (Lipinski definition) is 4. The molecule has 0 amide bonds. The summed E-state index contributed by atoms with van der Waals surface area (Å²) in [5.74, 6) is -1.23. The van der Waals surface area contributed by atoms with Gasteiger partial charge in [0.05, 0.1) is 24.9 Å². The van der Waals surface area contributed by atoms with Crippen LogP contribution in [0.15, 0.2) is 23.8 Å². The van der Waals surface area contributed by atoms with Gasteiger partial charge in [0.2, 0.25) is 0 Å². The third kappa shape index (κ3) is 6.43. The molecule has 1 rings (SSSR count). The molecule has 0 radical (unpaired) electrons. The topological polar surface area (TPSA) is 107 Å². The molecular formula is C17H28O6. The van der Waals surface area contributed by atoms with Crippen LogP contribution in [-0.2, 0) is 9.53 Å². The number of carboxylic acids is 1. The molecule has 1 fully saturated rings. The van der Waals surface area contributed by atoms with E-state index in [1.165, 1.54) is 0 Å². The molecule has 6 atom stereocenters. The molecule has 0 aliphatic carbocycles. The summed E-state index contributed by atoms with van der Waals surface area (Å²) in [6.07, 6.45) is 2.67. The van der Waals surface area contributed by atoms with E-state index in [4.69, 9.17) is 9.84 Å². The van der Waals surface area contributed by atoms with Gasteiger partial charge in [0.1, 0.15) is 6.10 Å². The van der Waals surface area contributed by atoms with Crippen LogP contribution < -0.4 is 0 Å². The molecule has 23 heavy (non-hydrogen) atoms. The standard InChI is InChI=1S/C17H28O6/c1-10(8-15(19)20)7-14-17(22)16(21)13(9-23-14)6-4-5-11(2)12(3)18/h4-5,8,11-14,16-18,21-22H,6-7,9H2,1-3H3,(H,19,20)/b5-4+,10-8+/t11-,12-,13-,14-,16+,17-/m0/s1. The van der Waals surface area contributed by atoms with Crippen LogP contribution in [0.5, 0.6) is 0 Å². The van der Waals surface area contributed by atoms with Gasteiger partial charge in [0.15, 0.2) is 0 Å². The van der Waals surface area contributed by atoms with Crippen LogP contribution in [0.1, 0.15) is 33.6 Å². The molecule has 0 bridgehead atoms. The van der Waals surface area contributed by atoms with E-state index in [-0.39, 0.29) is 18.3 Å². The number of carbonyl (C=O) groups is 1. The molecule has 6 heteroatoms. The van der Waals surface area contributed by atoms with E-state index in [1.54, 1.807) is 13.8 Å². The lowest BCUT2D eigenvalue weighted by molar-refractivity contribution is -0.162. The molecular weight excluding hydrogens is 300 g/mol. The van der Waals surface area contributed by atoms with E-state index in [0.29, 0.717) is 18.6 Å². The lowest BCUT2D eigenvalue weighted by Crippen LogP contribution is -2.50. The fourth-order valence-electron chi connectivity index (χ4n) is 2.55. The Balaban J connectivity index is 2.55. The number of rotatable bonds is 7. The predicted molar refractivity (Wildman–Crippen MR) is 85.9 cm³/mol. The molecule has 0 saturated carbocycles. The van der Waals surface area contributed by atoms with E-state index >= 15 is 0 Å². The first-order valence-corrected chi connectivity index (χ1v) is 7.95. The number of aliphatic hydroxyl groups is 3. The van der Waals surface area contributed by atoms with Crippen molar-refractivity contribution in [3.05, 3.63) is 23.8 Å². The fraction of sp³-hybridized carbons (Fsp3) is 0.706. The Bertz CT molecular complexity index is 442. The van der Waals surface area contributed by atoms with Gasteiger partial charge in [-0.1, -0.05) is 24.6 Å². The molecule has 0 aromatic carbocycles. The van der Waals surface area contributed by atoms with Crippen LogP contribution in [-0.4, -0.2) is 57.4 Å². The second-order valence-corrected chi connectivity index (χ2v) is 6.41. The maximum atomic E-state index is 10.6. The average molecular weight is 328 g/mol. The smallest absolute Gasteiger partial charge is 0.328 e. The number of carboxylic acid groups (broad SMARTS) is 1. The average Bonchev–Trinajstić information content (AvgIpc) is 2.45. The van der Waals surface area contributed by atoms with Crippen molar-refractivity contribution in [2.24, 2.45) is 11.8 Å². The van der Waals surface area contributed by atoms with Crippen molar-refractivity contribution in [3.8, 4) is 0 Å². The number of hydrogen-bond acceptors (Lipinski definition) is 5. The summed E-state index contributed by atoms with van der Waals surface area (Å²) < 4.78 is 5.60. The van der Waals surface area contributed by atoms with Crippen molar-refractivity contribution in [2.75, 3.05) is 6.61 Å². The first-order chi connectivity index (χ1) is 10.7. The quantitative estimate of drug-likeness (QED) is 0.412. The van der Waals surface area contributed by atoms with E-state index in [0.717, 1.165) is 6.08 Å². The zero-order valence-corrected chi connectivity index (χ0v) is 13.9. The maximum absolute atomic E-state index is 10.6. The van der Waals surface area contributed by atoms with E-state index in [9.17, 15) is 20.1 Å². The van der Waals surface area contributed by atoms with Gasteiger partial charge in [-0.2, -0.15) is 0 Å². The maximum Gasteiger partial charge on any atom is 0.328 e. The van der Waals surface area contributed by atoms with Crippen molar-refractivity contribution in [1.29, 1.82) is 0 Å². The highest BCUT2D eigenvalue weighted by Gasteiger charge is 2.37. The van der Waals surface area contributed by atoms with Gasteiger partial charge in [-0.25, -0.2) is 4.79 Å². The van der Waals surface area contributed by atoms with E-state index in [1.807, 2.05) is 19.1 Å². The molecule has 1 heterocycles. The number of aliphatic carboxylic acids is 1. The van der Waals surface area contributed by atoms with Crippen LogP contribution in [0.2, 0.25) is 0 Å². The fourth-order valence-corrected chi connectivity index (χ4v) is 2.55. The van der Waals surface area contributed by atoms with Crippen LogP contribution in [0.3, 0.4) is 0 Å². The van der Waals surface area contributed by atoms with Crippen molar-refractivity contribution in [2.45, 2.75) is 58.0 Å². The molecule has 0 unspecified atom stereocenters. The third-order valence-electron chi connectivity index (χ3n) is 4.27. The summed E-state index contributed by atoms with van der Waals surface area (Å²) in [5.41, 5.74) is 0.581. The van der Waals surface area contributed by atoms with Crippen LogP contribution in [0, 0.1) is 11.8 Å². The summed E-state index contributed by atoms with van der Waals surface area (Å²) in [6, 6.07) is 0. The van der Waals surface area contributed by atoms with Crippen LogP contribution in [0.4, 0.5) is 0 Å². The molecule has 4 N–H and O–H groups in total. The molecule has 6 nitrogen and oxygen atoms in total. The minimum absolute atomic E-state index is 0.0260. The summed E-state index contributed by atoms with van der Waals surface area (Å²) in [4.78, 5) is 10.6. The van der Waals surface area contributed by atoms with Gasteiger partial charge in [-0.05, 0) is 32.6 Å². The first-order valence-electron chi connectivity index (χ1n) is 7.95. The summed E-state index contributed by atoms with van der Waals surface area (Å²) in [6.45, 7) is 5.58. The Morgan fingerprint density at radius 3 is 2.52 bits per heavy atom. The van der Waals surface area contributed by atoms with Gasteiger partial charge < -0.3 is 25.2 Å². The highest BCUT2D eigenvalue weighted by atomic mass is 16.5. The number of ether oxygens (including phenoxy) is 1. The molecule has 0 aromatic heterocycles. The van der Waals surface area contributed by atoms with Crippen LogP contribution >= 0.6 is 0 Å². The number of aliphatic hydroxyl groups excluding tert-OH is 3. The highest BCUT2D eigenvalue weighted by molar-refractivity contribution is 5.80. The second kappa shape index (κ2) is 9.17. The Morgan fingerprint density at radius 1 is 1.30 bits per heavy atom. The van der Waals surface area contributed by atoms with Crippen molar-refractivity contribution in [3.63, 3.8) is 0 Å². The molecule has 0 spiro atoms. The van der Waals surface area contributed by atoms with Crippen LogP contribution in [0.25, 0.3) is 0 Å². The molecule has 0 aromatic rings. The highest BCUT2D eigenvalue weighted by Crippen LogP contribution is 2.27. The van der Waals surface area contributed by atoms with Crippen molar-refractivity contribution >= 4 is 5.97 Å². The zero-order chi connectivity index (χ0) is 17.6. The number of allylic oxidation sites excluding steroid dienone is 1. The third-order valence-corrected chi connectivity index (χ3v) is 4.27. The summed E-state index contributed by atoms with van der Waals surface area (Å²) in [7, 11) is 0. The lowest BCUT2D eigenvalue weighted by atomic mass is 9.87. The Morgan fingerprint density at radius 2 is 1.96 bits per heavy atom. The normalized spacial score (nSPS) is 32.0. The van der Waals surface area contributed by atoms with Gasteiger partial charge in [-0.15, -0.1) is 0 Å². The Labute approximate surface area is 137 Å². The second-order valence-electron chi connectivity index (χ2n) is 6.41. The summed E-state index contributed by atoms with van der Waals surface area (Å²) in [5, 5.41) is 38.5. The monoisotopic (exact) mass is 328 g/mol. The van der Waals surface area contributed by atoms with Crippen molar-refractivity contribution in [1.82, 2.24) is 0 Å².